The smallest absolute Gasteiger partial charge is 0.298 e. The van der Waals surface area contributed by atoms with Crippen LogP contribution in [0.5, 0.6) is 0 Å². The van der Waals surface area contributed by atoms with Crippen LogP contribution in [0.1, 0.15) is 27.2 Å². The Bertz CT molecular complexity index is 2320. The van der Waals surface area contributed by atoms with Crippen molar-refractivity contribution in [3.05, 3.63) is 191 Å². The second kappa shape index (κ2) is 27.2. The third-order valence-corrected chi connectivity index (χ3v) is 6.35. The molecule has 0 atom stereocenters. The normalized spacial score (nSPS) is 8.95. The molecule has 0 fully saturated rings. The maximum absolute atomic E-state index is 10.0. The van der Waals surface area contributed by atoms with Crippen LogP contribution in [-0.2, 0) is 0 Å². The first kappa shape index (κ1) is 45.5. The Hall–Kier alpha value is -8.54. The summed E-state index contributed by atoms with van der Waals surface area (Å²) in [5, 5.41) is 32.3. The lowest BCUT2D eigenvalue weighted by Gasteiger charge is -2.08. The van der Waals surface area contributed by atoms with Crippen LogP contribution >= 0.6 is 12.4 Å². The van der Waals surface area contributed by atoms with Gasteiger partial charge in [-0.05, 0) is 35.9 Å². The number of benzene rings is 3. The molecule has 13 nitrogen and oxygen atoms in total. The maximum atomic E-state index is 10.0. The highest BCUT2D eigenvalue weighted by Gasteiger charge is 2.15. The maximum Gasteiger partial charge on any atom is 0.298 e. The van der Waals surface area contributed by atoms with Crippen molar-refractivity contribution in [2.24, 2.45) is 5.73 Å². The minimum Gasteiger partial charge on any atom is -0.382 e. The molecule has 56 heavy (non-hydrogen) atoms. The van der Waals surface area contributed by atoms with Gasteiger partial charge in [0, 0.05) is 23.5 Å². The number of hydrogen-bond acceptors (Lipinski definition) is 10. The first-order valence-electron chi connectivity index (χ1n) is 15.9. The molecule has 3 heterocycles. The number of nitriles is 3. The van der Waals surface area contributed by atoms with Gasteiger partial charge in [-0.3, -0.25) is 20.2 Å². The third kappa shape index (κ3) is 16.7. The predicted octanol–water partition coefficient (Wildman–Crippen LogP) is 7.85. The van der Waals surface area contributed by atoms with E-state index in [0.717, 1.165) is 23.0 Å². The number of aldehydes is 1. The van der Waals surface area contributed by atoms with E-state index in [1.54, 1.807) is 60.9 Å². The lowest BCUT2D eigenvalue weighted by atomic mass is 10.1. The summed E-state index contributed by atoms with van der Waals surface area (Å²) in [7, 11) is 0. The highest BCUT2D eigenvalue weighted by atomic mass is 35.5. The van der Waals surface area contributed by atoms with Crippen LogP contribution < -0.4 is 11.5 Å². The number of anilines is 1. The van der Waals surface area contributed by atoms with E-state index in [0.29, 0.717) is 22.9 Å². The molecule has 3 aromatic carbocycles. The van der Waals surface area contributed by atoms with Gasteiger partial charge in [0.25, 0.3) is 12.2 Å². The van der Waals surface area contributed by atoms with Gasteiger partial charge in [-0.25, -0.2) is 26.6 Å². The molecule has 0 unspecified atom stereocenters. The van der Waals surface area contributed by atoms with Gasteiger partial charge in [-0.2, -0.15) is 10.5 Å². The number of rotatable bonds is 5. The van der Waals surface area contributed by atoms with Crippen molar-refractivity contribution >= 4 is 36.4 Å². The number of nitrogen functional groups attached to an aromatic ring is 2. The largest absolute Gasteiger partial charge is 0.382 e. The Morgan fingerprint density at radius 3 is 1.71 bits per heavy atom. The molecule has 6 aromatic rings. The van der Waals surface area contributed by atoms with Crippen LogP contribution in [-0.4, -0.2) is 38.6 Å². The van der Waals surface area contributed by atoms with Crippen molar-refractivity contribution < 1.29 is 4.79 Å². The highest BCUT2D eigenvalue weighted by Crippen LogP contribution is 2.26. The fourth-order valence-corrected chi connectivity index (χ4v) is 3.89. The number of nitrogens with zero attached hydrogens (tertiary/aromatic N) is 9. The van der Waals surface area contributed by atoms with E-state index >= 15 is 0 Å². The van der Waals surface area contributed by atoms with Crippen LogP contribution in [0.4, 0.5) is 5.82 Å². The summed E-state index contributed by atoms with van der Waals surface area (Å²) in [5.74, 6) is 0.577. The number of nitrogens with one attached hydrogen (secondary N) is 1. The molecule has 0 bridgehead atoms. The van der Waals surface area contributed by atoms with E-state index in [1.165, 1.54) is 0 Å². The summed E-state index contributed by atoms with van der Waals surface area (Å²) in [6.07, 6.45) is 5.67. The van der Waals surface area contributed by atoms with Crippen molar-refractivity contribution in [3.63, 3.8) is 0 Å². The van der Waals surface area contributed by atoms with E-state index in [9.17, 15) is 10.1 Å². The number of carbonyl (C=O) groups excluding carboxylic acids is 1. The third-order valence-electron chi connectivity index (χ3n) is 6.35. The predicted molar refractivity (Wildman–Crippen MR) is 218 cm³/mol. The summed E-state index contributed by atoms with van der Waals surface area (Å²) in [6.45, 7) is 12.6. The molecule has 0 spiro atoms. The zero-order chi connectivity index (χ0) is 40.1. The minimum atomic E-state index is -0.0139. The quantitative estimate of drug-likeness (QED) is 0.0385. The SMILES string of the molecule is Cl.N#Cc1c(N)nc(-c2ccccn2)nc1-c1ccccc1.N=C(N)c1ccccn1.O=Cc1ccccc1.[C-]#[N+]/C(C#N)=C/c1ccccc1.[C-]#[N+]CC#N. The molecule has 6 rings (SSSR count). The van der Waals surface area contributed by atoms with Gasteiger partial charge >= 0.3 is 0 Å². The molecule has 0 aliphatic rings. The Morgan fingerprint density at radius 2 is 1.32 bits per heavy atom. The number of pyridine rings is 2. The first-order chi connectivity index (χ1) is 26.8. The van der Waals surface area contributed by atoms with Gasteiger partial charge in [0.2, 0.25) is 0 Å². The second-order valence-corrected chi connectivity index (χ2v) is 10.1. The van der Waals surface area contributed by atoms with Gasteiger partial charge < -0.3 is 16.3 Å². The van der Waals surface area contributed by atoms with Crippen LogP contribution in [0, 0.1) is 52.5 Å². The van der Waals surface area contributed by atoms with Crippen molar-refractivity contribution in [3.8, 4) is 41.0 Å². The van der Waals surface area contributed by atoms with E-state index in [2.05, 4.69) is 35.7 Å². The van der Waals surface area contributed by atoms with Gasteiger partial charge in [-0.15, -0.1) is 12.4 Å². The number of carbonyl (C=O) groups is 1. The zero-order valence-corrected chi connectivity index (χ0v) is 30.5. The van der Waals surface area contributed by atoms with E-state index in [-0.39, 0.29) is 41.9 Å². The molecule has 5 N–H and O–H groups in total. The Kier molecular flexibility index (Phi) is 22.1. The molecule has 0 aliphatic carbocycles. The number of amidine groups is 1. The topological polar surface area (TPSA) is 225 Å². The summed E-state index contributed by atoms with van der Waals surface area (Å²) >= 11 is 0. The fourth-order valence-electron chi connectivity index (χ4n) is 3.89. The van der Waals surface area contributed by atoms with E-state index in [4.69, 9.17) is 40.5 Å². The highest BCUT2D eigenvalue weighted by molar-refractivity contribution is 5.92. The average Bonchev–Trinajstić information content (AvgIpc) is 3.25. The fraction of sp³-hybridized carbons (Fsp3) is 0.0238. The summed E-state index contributed by atoms with van der Waals surface area (Å²) in [6, 6.07) is 44.1. The number of nitrogens with two attached hydrogens (primary N) is 2. The van der Waals surface area contributed by atoms with E-state index in [1.807, 2.05) is 97.1 Å². The molecular formula is C42H33ClN12O. The molecule has 14 heteroatoms. The zero-order valence-electron chi connectivity index (χ0n) is 29.6. The van der Waals surface area contributed by atoms with E-state index < -0.39 is 0 Å². The molecule has 274 valence electrons. The lowest BCUT2D eigenvalue weighted by molar-refractivity contribution is 0.112. The Morgan fingerprint density at radius 1 is 0.768 bits per heavy atom. The standard InChI is InChI=1S/C16H11N5.C10H6N2.C7H6O.C6H7N3.C3H2N2.ClH/c17-10-12-14(11-6-2-1-3-7-11)20-16(21-15(12)18)13-8-4-5-9-19-13;1-12-10(8-11)7-9-5-3-2-4-6-9;8-6-7-4-2-1-3-5-7;7-6(8)5-3-1-2-4-9-5;1-5-3-2-4;/h1-9H,(H2,18,20,21);2-7H;1-6H;1-4H,(H3,7,8);3H2;1H/b;10-7+;;;;. The molecule has 0 saturated carbocycles. The summed E-state index contributed by atoms with van der Waals surface area (Å²) < 4.78 is 0. The van der Waals surface area contributed by atoms with Gasteiger partial charge in [-0.1, -0.05) is 103 Å². The van der Waals surface area contributed by atoms with Crippen molar-refractivity contribution in [2.45, 2.75) is 0 Å². The molecule has 3 aromatic heterocycles. The van der Waals surface area contributed by atoms with Crippen LogP contribution in [0.15, 0.2) is 145 Å². The number of aromatic nitrogens is 4. The summed E-state index contributed by atoms with van der Waals surface area (Å²) in [4.78, 5) is 32.5. The second-order valence-electron chi connectivity index (χ2n) is 10.1. The van der Waals surface area contributed by atoms with Gasteiger partial charge in [0.15, 0.2) is 5.82 Å². The molecular weight excluding hydrogens is 724 g/mol. The molecule has 0 amide bonds. The van der Waals surface area contributed by atoms with Crippen LogP contribution in [0.3, 0.4) is 0 Å². The minimum absolute atomic E-state index is 0. The molecule has 0 radical (unpaired) electrons. The van der Waals surface area contributed by atoms with Crippen LogP contribution in [0.2, 0.25) is 0 Å². The van der Waals surface area contributed by atoms with Crippen molar-refractivity contribution in [2.75, 3.05) is 12.3 Å². The molecule has 0 saturated heterocycles. The number of allylic oxidation sites excluding steroid dienone is 1. The average molecular weight is 757 g/mol. The molecule has 0 aliphatic heterocycles. The monoisotopic (exact) mass is 756 g/mol. The number of halogens is 1. The van der Waals surface area contributed by atoms with Crippen molar-refractivity contribution in [1.29, 1.82) is 21.2 Å². The first-order valence-corrected chi connectivity index (χ1v) is 15.9. The van der Waals surface area contributed by atoms with Crippen LogP contribution in [0.25, 0.3) is 38.5 Å². The number of hydrogen-bond donors (Lipinski definition) is 3. The lowest BCUT2D eigenvalue weighted by Crippen LogP contribution is -2.12. The van der Waals surface area contributed by atoms with Gasteiger partial charge in [0.05, 0.1) is 18.3 Å². The summed E-state index contributed by atoms with van der Waals surface area (Å²) in [5.41, 5.74) is 15.5. The Labute approximate surface area is 331 Å². The van der Waals surface area contributed by atoms with Crippen molar-refractivity contribution in [1.82, 2.24) is 19.9 Å². The Balaban J connectivity index is 0.000000383. The van der Waals surface area contributed by atoms with Gasteiger partial charge in [0.1, 0.15) is 47.0 Å².